The average molecular weight is 412 g/mol. The molecule has 5 heteroatoms. The molecule has 0 fully saturated rings. The van der Waals surface area contributed by atoms with Gasteiger partial charge in [0.25, 0.3) is 5.91 Å². The Morgan fingerprint density at radius 3 is 2.29 bits per heavy atom. The molecule has 0 radical (unpaired) electrons. The number of benzene rings is 3. The van der Waals surface area contributed by atoms with Crippen LogP contribution in [0.2, 0.25) is 0 Å². The van der Waals surface area contributed by atoms with Gasteiger partial charge >= 0.3 is 5.97 Å². The van der Waals surface area contributed by atoms with Gasteiger partial charge in [0, 0.05) is 23.4 Å². The van der Waals surface area contributed by atoms with Crippen molar-refractivity contribution in [2.24, 2.45) is 0 Å². The maximum atomic E-state index is 13.0. The lowest BCUT2D eigenvalue weighted by Crippen LogP contribution is -2.17. The number of hydrogen-bond donors (Lipinski definition) is 3. The number of para-hydroxylation sites is 1. The zero-order valence-corrected chi connectivity index (χ0v) is 17.3. The molecule has 3 aromatic carbocycles. The van der Waals surface area contributed by atoms with Gasteiger partial charge in [0.1, 0.15) is 0 Å². The van der Waals surface area contributed by atoms with Gasteiger partial charge in [0.15, 0.2) is 0 Å². The van der Waals surface area contributed by atoms with Crippen LogP contribution in [-0.4, -0.2) is 23.5 Å². The molecule has 0 aliphatic heterocycles. The van der Waals surface area contributed by atoms with E-state index in [1.165, 1.54) is 6.07 Å². The second-order valence-corrected chi connectivity index (χ2v) is 6.96. The van der Waals surface area contributed by atoms with Gasteiger partial charge < -0.3 is 15.7 Å². The van der Waals surface area contributed by atoms with Crippen molar-refractivity contribution in [1.82, 2.24) is 0 Å². The molecule has 0 saturated carbocycles. The van der Waals surface area contributed by atoms with Crippen molar-refractivity contribution in [1.29, 1.82) is 0 Å². The van der Waals surface area contributed by atoms with Crippen molar-refractivity contribution in [3.8, 4) is 11.8 Å². The Labute approximate surface area is 182 Å². The fraction of sp³-hybridized carbons (Fsp3) is 0.154. The highest BCUT2D eigenvalue weighted by Gasteiger charge is 2.16. The van der Waals surface area contributed by atoms with E-state index in [0.29, 0.717) is 11.3 Å². The summed E-state index contributed by atoms with van der Waals surface area (Å²) in [5, 5.41) is 15.4. The molecule has 31 heavy (non-hydrogen) atoms. The van der Waals surface area contributed by atoms with Crippen LogP contribution in [-0.2, 0) is 0 Å². The zero-order chi connectivity index (χ0) is 22.1. The molecule has 5 nitrogen and oxygen atoms in total. The number of carboxylic acid groups (broad SMARTS) is 1. The van der Waals surface area contributed by atoms with Gasteiger partial charge in [-0.05, 0) is 48.9 Å². The fourth-order valence-electron chi connectivity index (χ4n) is 3.00. The summed E-state index contributed by atoms with van der Waals surface area (Å²) in [7, 11) is 0. The minimum absolute atomic E-state index is 0.0432. The van der Waals surface area contributed by atoms with E-state index in [-0.39, 0.29) is 17.2 Å². The summed E-state index contributed by atoms with van der Waals surface area (Å²) < 4.78 is 0. The van der Waals surface area contributed by atoms with Crippen molar-refractivity contribution in [3.63, 3.8) is 0 Å². The summed E-state index contributed by atoms with van der Waals surface area (Å²) in [5.41, 5.74) is 3.09. The van der Waals surface area contributed by atoms with E-state index < -0.39 is 5.97 Å². The summed E-state index contributed by atoms with van der Waals surface area (Å²) in [6.45, 7) is 2.82. The van der Waals surface area contributed by atoms with Gasteiger partial charge in [-0.25, -0.2) is 4.79 Å². The first-order chi connectivity index (χ1) is 15.1. The number of unbranched alkanes of at least 4 members (excludes halogenated alkanes) is 1. The Hall–Kier alpha value is -4.04. The van der Waals surface area contributed by atoms with Crippen LogP contribution in [0.25, 0.3) is 0 Å². The van der Waals surface area contributed by atoms with E-state index in [9.17, 15) is 14.7 Å². The summed E-state index contributed by atoms with van der Waals surface area (Å²) in [5.74, 6) is 4.78. The first-order valence-corrected chi connectivity index (χ1v) is 10.2. The highest BCUT2D eigenvalue weighted by atomic mass is 16.4. The van der Waals surface area contributed by atoms with Crippen LogP contribution in [0.1, 0.15) is 51.6 Å². The first-order valence-electron chi connectivity index (χ1n) is 10.2. The maximum Gasteiger partial charge on any atom is 0.337 e. The van der Waals surface area contributed by atoms with Crippen LogP contribution in [0.3, 0.4) is 0 Å². The normalized spacial score (nSPS) is 9.97. The third-order valence-electron chi connectivity index (χ3n) is 4.64. The number of amides is 1. The Morgan fingerprint density at radius 2 is 1.55 bits per heavy atom. The zero-order valence-electron chi connectivity index (χ0n) is 17.3. The summed E-state index contributed by atoms with van der Waals surface area (Å²) in [6.07, 6.45) is 1.98. The van der Waals surface area contributed by atoms with Crippen LogP contribution in [0, 0.1) is 11.8 Å². The molecule has 0 aromatic heterocycles. The van der Waals surface area contributed by atoms with Crippen LogP contribution in [0.4, 0.5) is 11.4 Å². The second-order valence-electron chi connectivity index (χ2n) is 6.96. The molecule has 0 spiro atoms. The van der Waals surface area contributed by atoms with E-state index in [0.717, 1.165) is 30.5 Å². The monoisotopic (exact) mass is 412 g/mol. The number of nitrogens with one attached hydrogen (secondary N) is 2. The molecule has 0 bridgehead atoms. The number of carboxylic acids is 1. The largest absolute Gasteiger partial charge is 0.478 e. The third kappa shape index (κ3) is 5.97. The quantitative estimate of drug-likeness (QED) is 0.366. The number of hydrogen-bond acceptors (Lipinski definition) is 3. The SMILES string of the molecule is CCCCNc1cc(C#Cc2ccccc2)ccc1C(=O)Nc1ccccc1C(=O)O. The smallest absolute Gasteiger partial charge is 0.337 e. The van der Waals surface area contributed by atoms with Crippen LogP contribution in [0.5, 0.6) is 0 Å². The lowest BCUT2D eigenvalue weighted by atomic mass is 10.1. The molecular weight excluding hydrogens is 388 g/mol. The highest BCUT2D eigenvalue weighted by molar-refractivity contribution is 6.10. The first kappa shape index (κ1) is 21.7. The minimum Gasteiger partial charge on any atom is -0.478 e. The molecule has 3 N–H and O–H groups in total. The minimum atomic E-state index is -1.09. The molecule has 3 aromatic rings. The van der Waals surface area contributed by atoms with E-state index in [4.69, 9.17) is 0 Å². The molecule has 1 amide bonds. The third-order valence-corrected chi connectivity index (χ3v) is 4.64. The predicted molar refractivity (Wildman–Crippen MR) is 124 cm³/mol. The van der Waals surface area contributed by atoms with Crippen molar-refractivity contribution < 1.29 is 14.7 Å². The molecule has 0 heterocycles. The van der Waals surface area contributed by atoms with Crippen LogP contribution < -0.4 is 10.6 Å². The summed E-state index contributed by atoms with van der Waals surface area (Å²) >= 11 is 0. The molecule has 3 rings (SSSR count). The number of rotatable bonds is 7. The molecule has 156 valence electrons. The topological polar surface area (TPSA) is 78.4 Å². The maximum absolute atomic E-state index is 13.0. The van der Waals surface area contributed by atoms with Crippen molar-refractivity contribution >= 4 is 23.3 Å². The molecular formula is C26H24N2O3. The van der Waals surface area contributed by atoms with Gasteiger partial charge in [0.05, 0.1) is 16.8 Å². The lowest BCUT2D eigenvalue weighted by molar-refractivity contribution is 0.0698. The number of carbonyl (C=O) groups excluding carboxylic acids is 1. The molecule has 0 saturated heterocycles. The standard InChI is InChI=1S/C26H24N2O3/c1-2-3-17-27-24-18-20(14-13-19-9-5-4-6-10-19)15-16-21(24)25(29)28-23-12-8-7-11-22(23)26(30)31/h4-12,15-16,18,27H,2-3,17H2,1H3,(H,28,29)(H,30,31). The Morgan fingerprint density at radius 1 is 0.839 bits per heavy atom. The van der Waals surface area contributed by atoms with Crippen molar-refractivity contribution in [2.75, 3.05) is 17.2 Å². The highest BCUT2D eigenvalue weighted by Crippen LogP contribution is 2.22. The van der Waals surface area contributed by atoms with Gasteiger partial charge in [-0.2, -0.15) is 0 Å². The molecule has 0 atom stereocenters. The van der Waals surface area contributed by atoms with Gasteiger partial charge in [0.2, 0.25) is 0 Å². The van der Waals surface area contributed by atoms with Crippen molar-refractivity contribution in [3.05, 3.63) is 95.1 Å². The van der Waals surface area contributed by atoms with Gasteiger partial charge in [-0.3, -0.25) is 4.79 Å². The number of anilines is 2. The molecule has 0 unspecified atom stereocenters. The van der Waals surface area contributed by atoms with Crippen LogP contribution >= 0.6 is 0 Å². The Balaban J connectivity index is 1.89. The fourth-order valence-corrected chi connectivity index (χ4v) is 3.00. The van der Waals surface area contributed by atoms with E-state index >= 15 is 0 Å². The van der Waals surface area contributed by atoms with E-state index in [2.05, 4.69) is 29.4 Å². The van der Waals surface area contributed by atoms with Gasteiger partial charge in [-0.15, -0.1) is 0 Å². The predicted octanol–water partition coefficient (Wildman–Crippen LogP) is 5.25. The number of aromatic carboxylic acids is 1. The Bertz CT molecular complexity index is 1130. The van der Waals surface area contributed by atoms with Crippen molar-refractivity contribution in [2.45, 2.75) is 19.8 Å². The summed E-state index contributed by atoms with van der Waals surface area (Å²) in [4.78, 5) is 24.4. The number of carbonyl (C=O) groups is 2. The second kappa shape index (κ2) is 10.7. The molecule has 0 aliphatic carbocycles. The average Bonchev–Trinajstić information content (AvgIpc) is 2.79. The van der Waals surface area contributed by atoms with Gasteiger partial charge in [-0.1, -0.05) is 55.5 Å². The Kier molecular flexibility index (Phi) is 7.45. The van der Waals surface area contributed by atoms with Crippen LogP contribution in [0.15, 0.2) is 72.8 Å². The van der Waals surface area contributed by atoms with E-state index in [1.54, 1.807) is 30.3 Å². The lowest BCUT2D eigenvalue weighted by Gasteiger charge is -2.14. The van der Waals surface area contributed by atoms with E-state index in [1.807, 2.05) is 36.4 Å². The molecule has 0 aliphatic rings. The summed E-state index contributed by atoms with van der Waals surface area (Å²) in [6, 6.07) is 21.4.